The third-order valence-electron chi connectivity index (χ3n) is 2.70. The number of hydrogen-bond donors (Lipinski definition) is 1. The van der Waals surface area contributed by atoms with E-state index in [1.54, 1.807) is 0 Å². The van der Waals surface area contributed by atoms with Crippen LogP contribution in [0, 0.1) is 6.92 Å². The molecule has 3 rings (SSSR count). The van der Waals surface area contributed by atoms with Gasteiger partial charge in [-0.2, -0.15) is 0 Å². The fourth-order valence-corrected chi connectivity index (χ4v) is 2.69. The van der Waals surface area contributed by atoms with Crippen LogP contribution in [0.1, 0.15) is 5.69 Å². The summed E-state index contributed by atoms with van der Waals surface area (Å²) >= 11 is 7.48. The van der Waals surface area contributed by atoms with Gasteiger partial charge in [-0.1, -0.05) is 11.6 Å². The van der Waals surface area contributed by atoms with Crippen molar-refractivity contribution in [2.45, 2.75) is 6.92 Å². The van der Waals surface area contributed by atoms with Gasteiger partial charge in [0, 0.05) is 27.0 Å². The number of thiazole rings is 1. The van der Waals surface area contributed by atoms with E-state index in [1.807, 2.05) is 36.6 Å². The number of fused-ring (bicyclic) bond motifs is 1. The smallest absolute Gasteiger partial charge is 0.180 e. The normalized spacial score (nSPS) is 11.0. The van der Waals surface area contributed by atoms with Crippen LogP contribution in [-0.4, -0.2) is 9.97 Å². The molecule has 0 aliphatic carbocycles. The summed E-state index contributed by atoms with van der Waals surface area (Å²) in [6, 6.07) is 7.68. The van der Waals surface area contributed by atoms with Gasteiger partial charge >= 0.3 is 0 Å². The van der Waals surface area contributed by atoms with Crippen LogP contribution < -0.4 is 5.73 Å². The second-order valence-corrected chi connectivity index (χ2v) is 5.37. The van der Waals surface area contributed by atoms with Crippen molar-refractivity contribution in [3.05, 3.63) is 40.4 Å². The molecule has 0 spiro atoms. The molecule has 5 heteroatoms. The van der Waals surface area contributed by atoms with Gasteiger partial charge in [0.1, 0.15) is 0 Å². The Morgan fingerprint density at radius 1 is 1.22 bits per heavy atom. The predicted octanol–water partition coefficient (Wildman–Crippen LogP) is 3.90. The van der Waals surface area contributed by atoms with E-state index in [2.05, 4.69) is 9.97 Å². The van der Waals surface area contributed by atoms with E-state index in [-0.39, 0.29) is 0 Å². The van der Waals surface area contributed by atoms with Gasteiger partial charge in [0.15, 0.2) is 5.13 Å². The third-order valence-corrected chi connectivity index (χ3v) is 3.61. The Kier molecular flexibility index (Phi) is 2.69. The molecule has 0 aliphatic rings. The lowest BCUT2D eigenvalue weighted by molar-refractivity contribution is 1.25. The van der Waals surface area contributed by atoms with Crippen molar-refractivity contribution < 1.29 is 0 Å². The van der Waals surface area contributed by atoms with E-state index in [1.165, 1.54) is 11.3 Å². The molecule has 3 nitrogen and oxygen atoms in total. The van der Waals surface area contributed by atoms with E-state index in [0.717, 1.165) is 27.9 Å². The zero-order valence-electron chi connectivity index (χ0n) is 9.64. The highest BCUT2D eigenvalue weighted by Crippen LogP contribution is 2.31. The second-order valence-electron chi connectivity index (χ2n) is 4.04. The van der Waals surface area contributed by atoms with Crippen molar-refractivity contribution in [2.24, 2.45) is 0 Å². The number of pyridine rings is 1. The van der Waals surface area contributed by atoms with E-state index < -0.39 is 0 Å². The van der Waals surface area contributed by atoms with Crippen LogP contribution in [-0.2, 0) is 0 Å². The van der Waals surface area contributed by atoms with Crippen molar-refractivity contribution in [3.63, 3.8) is 0 Å². The molecule has 0 unspecified atom stereocenters. The van der Waals surface area contributed by atoms with Gasteiger partial charge in [0.2, 0.25) is 0 Å². The zero-order chi connectivity index (χ0) is 12.7. The third kappa shape index (κ3) is 1.94. The lowest BCUT2D eigenvalue weighted by Crippen LogP contribution is -1.89. The monoisotopic (exact) mass is 275 g/mol. The highest BCUT2D eigenvalue weighted by atomic mass is 35.5. The molecule has 18 heavy (non-hydrogen) atoms. The van der Waals surface area contributed by atoms with Crippen LogP contribution in [0.15, 0.2) is 29.6 Å². The Bertz CT molecular complexity index is 736. The average molecular weight is 276 g/mol. The molecular weight excluding hydrogens is 266 g/mol. The molecule has 90 valence electrons. The van der Waals surface area contributed by atoms with Crippen LogP contribution in [0.3, 0.4) is 0 Å². The first kappa shape index (κ1) is 11.4. The van der Waals surface area contributed by atoms with Crippen molar-refractivity contribution in [1.29, 1.82) is 0 Å². The number of anilines is 1. The summed E-state index contributed by atoms with van der Waals surface area (Å²) in [5.74, 6) is 0. The fraction of sp³-hybridized carbons (Fsp3) is 0.0769. The molecule has 0 aliphatic heterocycles. The van der Waals surface area contributed by atoms with Crippen LogP contribution in [0.25, 0.3) is 22.2 Å². The number of benzene rings is 1. The molecule has 2 N–H and O–H groups in total. The number of halogens is 1. The number of hydrogen-bond acceptors (Lipinski definition) is 4. The number of aryl methyl sites for hydroxylation is 1. The van der Waals surface area contributed by atoms with E-state index >= 15 is 0 Å². The van der Waals surface area contributed by atoms with Crippen molar-refractivity contribution in [1.82, 2.24) is 9.97 Å². The fourth-order valence-electron chi connectivity index (χ4n) is 1.95. The molecule has 0 amide bonds. The highest BCUT2D eigenvalue weighted by molar-refractivity contribution is 7.13. The maximum Gasteiger partial charge on any atom is 0.180 e. The van der Waals surface area contributed by atoms with Crippen LogP contribution in [0.5, 0.6) is 0 Å². The molecule has 0 bridgehead atoms. The maximum atomic E-state index is 6.05. The van der Waals surface area contributed by atoms with Gasteiger partial charge < -0.3 is 5.73 Å². The van der Waals surface area contributed by atoms with Crippen LogP contribution in [0.4, 0.5) is 5.13 Å². The Morgan fingerprint density at radius 2 is 2.06 bits per heavy atom. The molecule has 0 saturated carbocycles. The second kappa shape index (κ2) is 4.23. The number of rotatable bonds is 1. The molecule has 0 atom stereocenters. The standard InChI is InChI=1S/C13H10ClN3S/c1-7-4-9(12-6-18-13(15)17-12)10-5-8(14)2-3-11(10)16-7/h2-6H,1H3,(H2,15,17). The van der Waals surface area contributed by atoms with Crippen molar-refractivity contribution in [3.8, 4) is 11.3 Å². The van der Waals surface area contributed by atoms with E-state index in [4.69, 9.17) is 17.3 Å². The summed E-state index contributed by atoms with van der Waals surface area (Å²) in [6.07, 6.45) is 0. The van der Waals surface area contributed by atoms with Crippen LogP contribution in [0.2, 0.25) is 5.02 Å². The SMILES string of the molecule is Cc1cc(-c2csc(N)n2)c2cc(Cl)ccc2n1. The molecule has 0 radical (unpaired) electrons. The number of nitrogens with two attached hydrogens (primary N) is 1. The molecule has 2 aromatic heterocycles. The summed E-state index contributed by atoms with van der Waals surface area (Å²) in [5, 5.41) is 4.20. The van der Waals surface area contributed by atoms with Gasteiger partial charge in [0.25, 0.3) is 0 Å². The minimum atomic E-state index is 0.564. The summed E-state index contributed by atoms with van der Waals surface area (Å²) in [4.78, 5) is 8.82. The van der Waals surface area contributed by atoms with Gasteiger partial charge in [-0.25, -0.2) is 4.98 Å². The largest absolute Gasteiger partial charge is 0.375 e. The predicted molar refractivity (Wildman–Crippen MR) is 77.0 cm³/mol. The molecule has 2 heterocycles. The number of nitrogens with zero attached hydrogens (tertiary/aromatic N) is 2. The Hall–Kier alpha value is -1.65. The molecule has 0 saturated heterocycles. The Morgan fingerprint density at radius 3 is 2.78 bits per heavy atom. The topological polar surface area (TPSA) is 51.8 Å². The Labute approximate surface area is 113 Å². The molecule has 3 aromatic rings. The Balaban J connectivity index is 2.36. The molecule has 1 aromatic carbocycles. The minimum Gasteiger partial charge on any atom is -0.375 e. The first-order chi connectivity index (χ1) is 8.63. The van der Waals surface area contributed by atoms with Gasteiger partial charge in [-0.3, -0.25) is 4.98 Å². The van der Waals surface area contributed by atoms with E-state index in [0.29, 0.717) is 10.2 Å². The highest BCUT2D eigenvalue weighted by Gasteiger charge is 2.09. The van der Waals surface area contributed by atoms with Crippen molar-refractivity contribution >= 4 is 39.0 Å². The van der Waals surface area contributed by atoms with E-state index in [9.17, 15) is 0 Å². The lowest BCUT2D eigenvalue weighted by Gasteiger charge is -2.06. The summed E-state index contributed by atoms with van der Waals surface area (Å²) < 4.78 is 0. The summed E-state index contributed by atoms with van der Waals surface area (Å²) in [6.45, 7) is 1.97. The first-order valence-electron chi connectivity index (χ1n) is 5.42. The van der Waals surface area contributed by atoms with Crippen LogP contribution >= 0.6 is 22.9 Å². The quantitative estimate of drug-likeness (QED) is 0.733. The first-order valence-corrected chi connectivity index (χ1v) is 6.67. The molecule has 0 fully saturated rings. The number of aromatic nitrogens is 2. The van der Waals surface area contributed by atoms with Gasteiger partial charge in [-0.05, 0) is 31.2 Å². The zero-order valence-corrected chi connectivity index (χ0v) is 11.2. The lowest BCUT2D eigenvalue weighted by atomic mass is 10.1. The minimum absolute atomic E-state index is 0.564. The summed E-state index contributed by atoms with van der Waals surface area (Å²) in [7, 11) is 0. The van der Waals surface area contributed by atoms with Crippen molar-refractivity contribution in [2.75, 3.05) is 5.73 Å². The maximum absolute atomic E-state index is 6.05. The number of nitrogen functional groups attached to an aromatic ring is 1. The molecular formula is C13H10ClN3S. The summed E-state index contributed by atoms with van der Waals surface area (Å²) in [5.41, 5.74) is 9.45. The van der Waals surface area contributed by atoms with Gasteiger partial charge in [0.05, 0.1) is 11.2 Å². The van der Waals surface area contributed by atoms with Gasteiger partial charge in [-0.15, -0.1) is 11.3 Å². The average Bonchev–Trinajstić information content (AvgIpc) is 2.75.